The second kappa shape index (κ2) is 6.18. The van der Waals surface area contributed by atoms with Gasteiger partial charge in [0, 0.05) is 19.1 Å². The lowest BCUT2D eigenvalue weighted by atomic mass is 9.92. The zero-order valence-corrected chi connectivity index (χ0v) is 10.6. The second-order valence-electron chi connectivity index (χ2n) is 5.01. The van der Waals surface area contributed by atoms with Crippen molar-refractivity contribution in [3.63, 3.8) is 0 Å². The van der Waals surface area contributed by atoms with Gasteiger partial charge in [-0.3, -0.25) is 0 Å². The molecule has 1 heterocycles. The third kappa shape index (κ3) is 3.55. The standard InChI is InChI=1S/C15H22O2/c1-12-4-2-5-13(10-12)14(11-16)7-8-15-6-3-9-17-15/h2,4-5,10,14-16H,3,6-9,11H2,1H3. The minimum atomic E-state index is 0.232. The Labute approximate surface area is 104 Å². The van der Waals surface area contributed by atoms with E-state index in [2.05, 4.69) is 31.2 Å². The molecule has 0 saturated carbocycles. The molecule has 2 nitrogen and oxygen atoms in total. The fraction of sp³-hybridized carbons (Fsp3) is 0.600. The van der Waals surface area contributed by atoms with Crippen molar-refractivity contribution in [3.8, 4) is 0 Å². The zero-order chi connectivity index (χ0) is 12.1. The number of ether oxygens (including phenoxy) is 1. The highest BCUT2D eigenvalue weighted by atomic mass is 16.5. The van der Waals surface area contributed by atoms with E-state index in [1.165, 1.54) is 24.0 Å². The summed E-state index contributed by atoms with van der Waals surface area (Å²) < 4.78 is 5.63. The maximum atomic E-state index is 9.50. The molecular weight excluding hydrogens is 212 g/mol. The Balaban J connectivity index is 1.91. The van der Waals surface area contributed by atoms with Gasteiger partial charge in [-0.1, -0.05) is 29.8 Å². The van der Waals surface area contributed by atoms with Gasteiger partial charge in [0.05, 0.1) is 6.10 Å². The molecule has 1 aromatic carbocycles. The molecule has 17 heavy (non-hydrogen) atoms. The summed E-state index contributed by atoms with van der Waals surface area (Å²) in [5, 5.41) is 9.50. The van der Waals surface area contributed by atoms with Crippen LogP contribution in [0.5, 0.6) is 0 Å². The minimum absolute atomic E-state index is 0.232. The molecule has 1 saturated heterocycles. The predicted octanol–water partition coefficient (Wildman–Crippen LogP) is 3.03. The zero-order valence-electron chi connectivity index (χ0n) is 10.6. The first-order valence-corrected chi connectivity index (χ1v) is 6.58. The largest absolute Gasteiger partial charge is 0.396 e. The average Bonchev–Trinajstić information content (AvgIpc) is 2.83. The van der Waals surface area contributed by atoms with E-state index in [1.807, 2.05) is 0 Å². The van der Waals surface area contributed by atoms with Crippen molar-refractivity contribution >= 4 is 0 Å². The number of aryl methyl sites for hydroxylation is 1. The van der Waals surface area contributed by atoms with Crippen molar-refractivity contribution in [2.75, 3.05) is 13.2 Å². The van der Waals surface area contributed by atoms with Crippen LogP contribution in [-0.2, 0) is 4.74 Å². The molecule has 0 radical (unpaired) electrons. The van der Waals surface area contributed by atoms with Crippen LogP contribution in [0.1, 0.15) is 42.7 Å². The highest BCUT2D eigenvalue weighted by molar-refractivity contribution is 5.25. The third-order valence-corrected chi connectivity index (χ3v) is 3.60. The van der Waals surface area contributed by atoms with E-state index in [-0.39, 0.29) is 12.5 Å². The molecular formula is C15H22O2. The summed E-state index contributed by atoms with van der Waals surface area (Å²) in [4.78, 5) is 0. The van der Waals surface area contributed by atoms with Gasteiger partial charge in [-0.25, -0.2) is 0 Å². The van der Waals surface area contributed by atoms with Crippen molar-refractivity contribution in [1.29, 1.82) is 0 Å². The quantitative estimate of drug-likeness (QED) is 0.848. The topological polar surface area (TPSA) is 29.5 Å². The Morgan fingerprint density at radius 1 is 1.47 bits per heavy atom. The lowest BCUT2D eigenvalue weighted by Gasteiger charge is -2.17. The fourth-order valence-electron chi connectivity index (χ4n) is 2.55. The molecule has 0 bridgehead atoms. The van der Waals surface area contributed by atoms with Crippen molar-refractivity contribution in [2.24, 2.45) is 0 Å². The van der Waals surface area contributed by atoms with Gasteiger partial charge >= 0.3 is 0 Å². The number of hydrogen-bond acceptors (Lipinski definition) is 2. The SMILES string of the molecule is Cc1cccc(C(CO)CCC2CCCO2)c1. The van der Waals surface area contributed by atoms with Gasteiger partial charge in [0.25, 0.3) is 0 Å². The highest BCUT2D eigenvalue weighted by Gasteiger charge is 2.18. The molecule has 1 aliphatic rings. The average molecular weight is 234 g/mol. The summed E-state index contributed by atoms with van der Waals surface area (Å²) >= 11 is 0. The third-order valence-electron chi connectivity index (χ3n) is 3.60. The first-order valence-electron chi connectivity index (χ1n) is 6.58. The lowest BCUT2D eigenvalue weighted by molar-refractivity contribution is 0.0981. The molecule has 0 spiro atoms. The van der Waals surface area contributed by atoms with E-state index in [4.69, 9.17) is 4.74 Å². The van der Waals surface area contributed by atoms with E-state index in [0.717, 1.165) is 19.4 Å². The Morgan fingerprint density at radius 2 is 2.35 bits per heavy atom. The fourth-order valence-corrected chi connectivity index (χ4v) is 2.55. The van der Waals surface area contributed by atoms with Crippen molar-refractivity contribution < 1.29 is 9.84 Å². The lowest BCUT2D eigenvalue weighted by Crippen LogP contribution is -2.10. The Morgan fingerprint density at radius 3 is 3.00 bits per heavy atom. The normalized spacial score (nSPS) is 21.6. The molecule has 0 aliphatic carbocycles. The Kier molecular flexibility index (Phi) is 4.57. The smallest absolute Gasteiger partial charge is 0.0576 e. The van der Waals surface area contributed by atoms with Crippen LogP contribution < -0.4 is 0 Å². The van der Waals surface area contributed by atoms with E-state index >= 15 is 0 Å². The molecule has 2 unspecified atom stereocenters. The van der Waals surface area contributed by atoms with Gasteiger partial charge in [-0.15, -0.1) is 0 Å². The molecule has 1 fully saturated rings. The number of benzene rings is 1. The molecule has 94 valence electrons. The van der Waals surface area contributed by atoms with Crippen LogP contribution in [0.4, 0.5) is 0 Å². The molecule has 2 heteroatoms. The number of hydrogen-bond donors (Lipinski definition) is 1. The van der Waals surface area contributed by atoms with Gasteiger partial charge < -0.3 is 9.84 Å². The van der Waals surface area contributed by atoms with Gasteiger partial charge in [0.1, 0.15) is 0 Å². The van der Waals surface area contributed by atoms with Gasteiger partial charge in [-0.2, -0.15) is 0 Å². The van der Waals surface area contributed by atoms with E-state index < -0.39 is 0 Å². The van der Waals surface area contributed by atoms with Crippen LogP contribution in [0.2, 0.25) is 0 Å². The molecule has 2 rings (SSSR count). The summed E-state index contributed by atoms with van der Waals surface area (Å²) in [5.41, 5.74) is 2.52. The summed E-state index contributed by atoms with van der Waals surface area (Å²) in [6.07, 6.45) is 4.89. The number of aliphatic hydroxyl groups is 1. The predicted molar refractivity (Wildman–Crippen MR) is 69.2 cm³/mol. The van der Waals surface area contributed by atoms with E-state index in [1.54, 1.807) is 0 Å². The summed E-state index contributed by atoms with van der Waals surface area (Å²) in [6.45, 7) is 3.24. The Hall–Kier alpha value is -0.860. The van der Waals surface area contributed by atoms with E-state index in [0.29, 0.717) is 6.10 Å². The minimum Gasteiger partial charge on any atom is -0.396 e. The van der Waals surface area contributed by atoms with Crippen LogP contribution >= 0.6 is 0 Å². The van der Waals surface area contributed by atoms with E-state index in [9.17, 15) is 5.11 Å². The van der Waals surface area contributed by atoms with Gasteiger partial charge in [-0.05, 0) is 38.2 Å². The van der Waals surface area contributed by atoms with Gasteiger partial charge in [0.15, 0.2) is 0 Å². The van der Waals surface area contributed by atoms with Crippen LogP contribution in [0.25, 0.3) is 0 Å². The summed E-state index contributed by atoms with van der Waals surface area (Å²) in [5.74, 6) is 0.263. The van der Waals surface area contributed by atoms with Crippen LogP contribution in [-0.4, -0.2) is 24.4 Å². The molecule has 1 aliphatic heterocycles. The molecule has 2 atom stereocenters. The first kappa shape index (κ1) is 12.6. The number of rotatable bonds is 5. The molecule has 1 N–H and O–H groups in total. The molecule has 1 aromatic rings. The van der Waals surface area contributed by atoms with Crippen LogP contribution in [0, 0.1) is 6.92 Å². The summed E-state index contributed by atoms with van der Waals surface area (Å²) in [7, 11) is 0. The molecule has 0 aromatic heterocycles. The monoisotopic (exact) mass is 234 g/mol. The second-order valence-corrected chi connectivity index (χ2v) is 5.01. The van der Waals surface area contributed by atoms with Gasteiger partial charge in [0.2, 0.25) is 0 Å². The van der Waals surface area contributed by atoms with Crippen LogP contribution in [0.3, 0.4) is 0 Å². The van der Waals surface area contributed by atoms with Crippen LogP contribution in [0.15, 0.2) is 24.3 Å². The highest BCUT2D eigenvalue weighted by Crippen LogP contribution is 2.25. The maximum Gasteiger partial charge on any atom is 0.0576 e. The number of aliphatic hydroxyl groups excluding tert-OH is 1. The first-order chi connectivity index (χ1) is 8.29. The van der Waals surface area contributed by atoms with Crippen molar-refractivity contribution in [2.45, 2.75) is 44.6 Å². The van der Waals surface area contributed by atoms with Crippen molar-refractivity contribution in [1.82, 2.24) is 0 Å². The van der Waals surface area contributed by atoms with Crippen molar-refractivity contribution in [3.05, 3.63) is 35.4 Å². The molecule has 0 amide bonds. The Bertz CT molecular complexity index is 343. The summed E-state index contributed by atoms with van der Waals surface area (Å²) in [6, 6.07) is 8.46. The maximum absolute atomic E-state index is 9.50.